The van der Waals surface area contributed by atoms with Crippen LogP contribution in [-0.2, 0) is 6.42 Å². The van der Waals surface area contributed by atoms with Gasteiger partial charge in [-0.1, -0.05) is 32.0 Å². The van der Waals surface area contributed by atoms with Gasteiger partial charge in [0.1, 0.15) is 5.82 Å². The van der Waals surface area contributed by atoms with E-state index in [1.165, 1.54) is 0 Å². The number of benzene rings is 1. The Balaban J connectivity index is 2.32. The summed E-state index contributed by atoms with van der Waals surface area (Å²) in [6.45, 7) is 6.29. The van der Waals surface area contributed by atoms with Crippen LogP contribution >= 0.6 is 0 Å². The number of anilines is 1. The van der Waals surface area contributed by atoms with Gasteiger partial charge in [-0.2, -0.15) is 0 Å². The zero-order chi connectivity index (χ0) is 13.1. The van der Waals surface area contributed by atoms with Crippen LogP contribution in [-0.4, -0.2) is 9.97 Å². The van der Waals surface area contributed by atoms with E-state index in [1.807, 2.05) is 37.3 Å². The molecule has 0 unspecified atom stereocenters. The Labute approximate surface area is 108 Å². The van der Waals surface area contributed by atoms with Gasteiger partial charge in [-0.25, -0.2) is 9.97 Å². The summed E-state index contributed by atoms with van der Waals surface area (Å²) in [6.07, 6.45) is 0.689. The summed E-state index contributed by atoms with van der Waals surface area (Å²) >= 11 is 0. The van der Waals surface area contributed by atoms with Crippen molar-refractivity contribution < 1.29 is 0 Å². The summed E-state index contributed by atoms with van der Waals surface area (Å²) in [5.74, 6) is 1.26. The molecule has 0 aliphatic carbocycles. The van der Waals surface area contributed by atoms with E-state index >= 15 is 0 Å². The summed E-state index contributed by atoms with van der Waals surface area (Å²) in [5.41, 5.74) is 9.93. The summed E-state index contributed by atoms with van der Waals surface area (Å²) in [4.78, 5) is 9.09. The number of nitrogens with zero attached hydrogens (tertiary/aromatic N) is 2. The predicted molar refractivity (Wildman–Crippen MR) is 74.5 cm³/mol. The van der Waals surface area contributed by atoms with E-state index in [0.29, 0.717) is 12.3 Å². The zero-order valence-corrected chi connectivity index (χ0v) is 11.1. The quantitative estimate of drug-likeness (QED) is 0.840. The normalized spacial score (nSPS) is 10.9. The molecule has 0 saturated heterocycles. The molecule has 18 heavy (non-hydrogen) atoms. The van der Waals surface area contributed by atoms with E-state index in [4.69, 9.17) is 5.73 Å². The molecule has 1 heterocycles. The molecule has 1 aromatic heterocycles. The number of nitrogen functional groups attached to an aromatic ring is 1. The summed E-state index contributed by atoms with van der Waals surface area (Å²) in [6, 6.07) is 9.91. The van der Waals surface area contributed by atoms with Crippen molar-refractivity contribution in [2.75, 3.05) is 5.73 Å². The monoisotopic (exact) mass is 241 g/mol. The third-order valence-electron chi connectivity index (χ3n) is 2.92. The van der Waals surface area contributed by atoms with Gasteiger partial charge in [-0.3, -0.25) is 0 Å². The molecular formula is C15H19N3. The fourth-order valence-electron chi connectivity index (χ4n) is 1.90. The first-order chi connectivity index (χ1) is 8.56. The molecule has 0 amide bonds. The predicted octanol–water partition coefficient (Wildman–Crippen LogP) is 3.08. The lowest BCUT2D eigenvalue weighted by molar-refractivity contribution is 0.784. The van der Waals surface area contributed by atoms with Gasteiger partial charge in [-0.05, 0) is 30.5 Å². The lowest BCUT2D eigenvalue weighted by Gasteiger charge is -2.09. The number of para-hydroxylation sites is 1. The van der Waals surface area contributed by atoms with Gasteiger partial charge in [-0.15, -0.1) is 0 Å². The van der Waals surface area contributed by atoms with Crippen LogP contribution in [0, 0.1) is 6.92 Å². The molecule has 2 rings (SSSR count). The maximum absolute atomic E-state index is 5.95. The smallest absolute Gasteiger partial charge is 0.133 e. The Kier molecular flexibility index (Phi) is 3.60. The van der Waals surface area contributed by atoms with Crippen LogP contribution in [0.15, 0.2) is 30.3 Å². The van der Waals surface area contributed by atoms with E-state index in [2.05, 4.69) is 23.8 Å². The Morgan fingerprint density at radius 1 is 1.17 bits per heavy atom. The Hall–Kier alpha value is -1.90. The third-order valence-corrected chi connectivity index (χ3v) is 2.92. The molecule has 2 N–H and O–H groups in total. The number of nitrogens with two attached hydrogens (primary N) is 1. The van der Waals surface area contributed by atoms with Crippen molar-refractivity contribution in [1.82, 2.24) is 9.97 Å². The molecule has 3 nitrogen and oxygen atoms in total. The summed E-state index contributed by atoms with van der Waals surface area (Å²) in [5, 5.41) is 0. The lowest BCUT2D eigenvalue weighted by Crippen LogP contribution is -2.05. The molecule has 0 fully saturated rings. The van der Waals surface area contributed by atoms with Crippen LogP contribution in [0.25, 0.3) is 0 Å². The van der Waals surface area contributed by atoms with E-state index in [9.17, 15) is 0 Å². The van der Waals surface area contributed by atoms with Crippen molar-refractivity contribution in [1.29, 1.82) is 0 Å². The van der Waals surface area contributed by atoms with Gasteiger partial charge in [0.05, 0.1) is 0 Å². The molecule has 0 bridgehead atoms. The number of hydrogen-bond donors (Lipinski definition) is 1. The minimum Gasteiger partial charge on any atom is -0.398 e. The van der Waals surface area contributed by atoms with Crippen LogP contribution in [0.4, 0.5) is 5.69 Å². The maximum Gasteiger partial charge on any atom is 0.133 e. The molecule has 94 valence electrons. The van der Waals surface area contributed by atoms with E-state index in [0.717, 1.165) is 28.5 Å². The highest BCUT2D eigenvalue weighted by Gasteiger charge is 2.07. The van der Waals surface area contributed by atoms with Gasteiger partial charge in [0.15, 0.2) is 0 Å². The molecule has 0 spiro atoms. The first-order valence-electron chi connectivity index (χ1n) is 6.24. The lowest BCUT2D eigenvalue weighted by atomic mass is 10.1. The second kappa shape index (κ2) is 5.17. The van der Waals surface area contributed by atoms with Gasteiger partial charge >= 0.3 is 0 Å². The molecule has 0 radical (unpaired) electrons. The van der Waals surface area contributed by atoms with Crippen LogP contribution in [0.5, 0.6) is 0 Å². The fourth-order valence-corrected chi connectivity index (χ4v) is 1.90. The van der Waals surface area contributed by atoms with Crippen molar-refractivity contribution in [3.8, 4) is 0 Å². The first-order valence-corrected chi connectivity index (χ1v) is 6.24. The fraction of sp³-hybridized carbons (Fsp3) is 0.333. The topological polar surface area (TPSA) is 51.8 Å². The highest BCUT2D eigenvalue weighted by Crippen LogP contribution is 2.17. The second-order valence-corrected chi connectivity index (χ2v) is 4.88. The van der Waals surface area contributed by atoms with Crippen LogP contribution < -0.4 is 5.73 Å². The molecule has 3 heteroatoms. The van der Waals surface area contributed by atoms with Crippen LogP contribution in [0.3, 0.4) is 0 Å². The minimum atomic E-state index is 0.415. The Bertz CT molecular complexity index is 547. The Morgan fingerprint density at radius 3 is 2.56 bits per heavy atom. The third kappa shape index (κ3) is 2.86. The molecule has 0 aliphatic heterocycles. The molecular weight excluding hydrogens is 222 g/mol. The molecule has 0 saturated carbocycles. The molecule has 0 aliphatic rings. The number of aryl methyl sites for hydroxylation is 1. The number of hydrogen-bond acceptors (Lipinski definition) is 3. The minimum absolute atomic E-state index is 0.415. The average Bonchev–Trinajstić information content (AvgIpc) is 2.31. The van der Waals surface area contributed by atoms with Crippen LogP contribution in [0.2, 0.25) is 0 Å². The van der Waals surface area contributed by atoms with Crippen molar-refractivity contribution in [3.63, 3.8) is 0 Å². The number of aromatic nitrogens is 2. The summed E-state index contributed by atoms with van der Waals surface area (Å²) in [7, 11) is 0. The van der Waals surface area contributed by atoms with Gasteiger partial charge in [0.2, 0.25) is 0 Å². The SMILES string of the molecule is Cc1cc(C(C)C)nc(Cc2ccccc2N)n1. The second-order valence-electron chi connectivity index (χ2n) is 4.88. The Morgan fingerprint density at radius 2 is 1.89 bits per heavy atom. The van der Waals surface area contributed by atoms with Crippen LogP contribution in [0.1, 0.15) is 42.5 Å². The van der Waals surface area contributed by atoms with Gasteiger partial charge < -0.3 is 5.73 Å². The van der Waals surface area contributed by atoms with Gasteiger partial charge in [0.25, 0.3) is 0 Å². The van der Waals surface area contributed by atoms with Crippen molar-refractivity contribution >= 4 is 5.69 Å². The standard InChI is InChI=1S/C15H19N3/c1-10(2)14-8-11(3)17-15(18-14)9-12-6-4-5-7-13(12)16/h4-8,10H,9,16H2,1-3H3. The molecule has 2 aromatic rings. The van der Waals surface area contributed by atoms with Crippen molar-refractivity contribution in [2.24, 2.45) is 0 Å². The first kappa shape index (κ1) is 12.6. The highest BCUT2D eigenvalue weighted by atomic mass is 14.9. The van der Waals surface area contributed by atoms with Gasteiger partial charge in [0, 0.05) is 23.5 Å². The summed E-state index contributed by atoms with van der Waals surface area (Å²) < 4.78 is 0. The van der Waals surface area contributed by atoms with E-state index in [-0.39, 0.29) is 0 Å². The zero-order valence-electron chi connectivity index (χ0n) is 11.1. The van der Waals surface area contributed by atoms with E-state index < -0.39 is 0 Å². The number of rotatable bonds is 3. The largest absolute Gasteiger partial charge is 0.398 e. The highest BCUT2D eigenvalue weighted by molar-refractivity contribution is 5.47. The average molecular weight is 241 g/mol. The van der Waals surface area contributed by atoms with E-state index in [1.54, 1.807) is 0 Å². The van der Waals surface area contributed by atoms with Crippen molar-refractivity contribution in [3.05, 3.63) is 53.1 Å². The molecule has 1 aromatic carbocycles. The maximum atomic E-state index is 5.95. The van der Waals surface area contributed by atoms with Crippen molar-refractivity contribution in [2.45, 2.75) is 33.1 Å². The molecule has 0 atom stereocenters.